The van der Waals surface area contributed by atoms with Crippen molar-refractivity contribution in [2.24, 2.45) is 0 Å². The highest BCUT2D eigenvalue weighted by atomic mass is 16.5. The lowest BCUT2D eigenvalue weighted by Crippen LogP contribution is -2.48. The Morgan fingerprint density at radius 3 is 2.29 bits per heavy atom. The first-order chi connectivity index (χ1) is 25.4. The third-order valence-electron chi connectivity index (χ3n) is 10.3. The summed E-state index contributed by atoms with van der Waals surface area (Å²) in [6, 6.07) is 24.2. The van der Waals surface area contributed by atoms with Gasteiger partial charge in [-0.3, -0.25) is 9.59 Å². The fourth-order valence-electron chi connectivity index (χ4n) is 7.69. The number of rotatable bonds is 11. The molecule has 3 aromatic carbocycles. The van der Waals surface area contributed by atoms with Gasteiger partial charge in [0.05, 0.1) is 19.9 Å². The number of benzene rings is 3. The van der Waals surface area contributed by atoms with E-state index in [1.54, 1.807) is 26.5 Å². The van der Waals surface area contributed by atoms with Crippen molar-refractivity contribution in [3.63, 3.8) is 0 Å². The number of para-hydroxylation sites is 1. The van der Waals surface area contributed by atoms with Crippen LogP contribution in [0, 0.1) is 0 Å². The Bertz CT molecular complexity index is 1940. The highest BCUT2D eigenvalue weighted by molar-refractivity contribution is 5.92. The molecule has 0 saturated carbocycles. The molecule has 0 radical (unpaired) electrons. The van der Waals surface area contributed by atoms with Crippen molar-refractivity contribution in [1.29, 1.82) is 0 Å². The number of nitrogens with zero attached hydrogens (tertiary/aromatic N) is 4. The van der Waals surface area contributed by atoms with Crippen LogP contribution in [0.4, 0.5) is 0 Å². The van der Waals surface area contributed by atoms with Crippen LogP contribution in [0.15, 0.2) is 97.7 Å². The Kier molecular flexibility index (Phi) is 10.5. The second-order valence-electron chi connectivity index (χ2n) is 13.4. The number of piperidine rings is 2. The van der Waals surface area contributed by atoms with Crippen molar-refractivity contribution in [2.75, 3.05) is 27.3 Å². The van der Waals surface area contributed by atoms with Gasteiger partial charge < -0.3 is 28.7 Å². The van der Waals surface area contributed by atoms with Crippen molar-refractivity contribution in [1.82, 2.24) is 19.8 Å². The van der Waals surface area contributed by atoms with Crippen LogP contribution in [0.3, 0.4) is 0 Å². The number of aromatic nitrogens is 2. The highest BCUT2D eigenvalue weighted by Crippen LogP contribution is 2.39. The molecule has 7 rings (SSSR count). The van der Waals surface area contributed by atoms with Gasteiger partial charge in [-0.25, -0.2) is 4.98 Å². The summed E-state index contributed by atoms with van der Waals surface area (Å²) in [5, 5.41) is 0. The molecule has 2 unspecified atom stereocenters. The molecule has 0 N–H and O–H groups in total. The van der Waals surface area contributed by atoms with E-state index in [1.165, 1.54) is 6.08 Å². The third-order valence-corrected chi connectivity index (χ3v) is 10.3. The molecular weight excluding hydrogens is 656 g/mol. The minimum Gasteiger partial charge on any atom is -0.496 e. The number of amides is 2. The number of hydrogen-bond acceptors (Lipinski definition) is 8. The minimum absolute atomic E-state index is 0.0179. The van der Waals surface area contributed by atoms with Crippen molar-refractivity contribution < 1.29 is 28.5 Å². The smallest absolute Gasteiger partial charge is 0.317 e. The van der Waals surface area contributed by atoms with Crippen LogP contribution >= 0.6 is 0 Å². The summed E-state index contributed by atoms with van der Waals surface area (Å²) in [6.45, 7) is 4.83. The van der Waals surface area contributed by atoms with Crippen LogP contribution in [-0.4, -0.2) is 83.2 Å². The summed E-state index contributed by atoms with van der Waals surface area (Å²) < 4.78 is 23.9. The summed E-state index contributed by atoms with van der Waals surface area (Å²) in [6.07, 6.45) is 11.5. The van der Waals surface area contributed by atoms with Gasteiger partial charge in [0.1, 0.15) is 29.5 Å². The van der Waals surface area contributed by atoms with Gasteiger partial charge in [-0.1, -0.05) is 36.9 Å². The maximum absolute atomic E-state index is 13.2. The Morgan fingerprint density at radius 2 is 1.54 bits per heavy atom. The van der Waals surface area contributed by atoms with Gasteiger partial charge in [-0.05, 0) is 78.6 Å². The minimum atomic E-state index is -0.0887. The predicted molar refractivity (Wildman–Crippen MR) is 199 cm³/mol. The third kappa shape index (κ3) is 7.66. The monoisotopic (exact) mass is 700 g/mol. The lowest BCUT2D eigenvalue weighted by Gasteiger charge is -2.38. The van der Waals surface area contributed by atoms with E-state index in [2.05, 4.69) is 16.5 Å². The van der Waals surface area contributed by atoms with Gasteiger partial charge in [0.25, 0.3) is 0 Å². The number of methoxy groups -OCH3 is 2. The summed E-state index contributed by atoms with van der Waals surface area (Å²) in [4.78, 5) is 38.4. The van der Waals surface area contributed by atoms with E-state index < -0.39 is 0 Å². The van der Waals surface area contributed by atoms with Crippen molar-refractivity contribution in [3.8, 4) is 45.6 Å². The zero-order chi connectivity index (χ0) is 36.0. The average molecular weight is 701 g/mol. The van der Waals surface area contributed by atoms with E-state index in [0.29, 0.717) is 31.9 Å². The molecule has 10 nitrogen and oxygen atoms in total. The molecule has 4 aromatic rings. The molecule has 52 heavy (non-hydrogen) atoms. The first-order valence-corrected chi connectivity index (χ1v) is 17.9. The SMILES string of the molecule is C=CC(=O)N1C2CCC1CC(Oc1cccc(-c3cc(/C=C/C(=O)N4CCC(Oc5nccc(-c6ccccc6OC)n5)CC4)ccc3OC)c1)C2. The molecule has 3 aliphatic heterocycles. The van der Waals surface area contributed by atoms with E-state index in [1.807, 2.05) is 88.7 Å². The van der Waals surface area contributed by atoms with E-state index in [0.717, 1.165) is 70.9 Å². The number of carbonyl (C=O) groups excluding carboxylic acids is 2. The molecule has 10 heteroatoms. The largest absolute Gasteiger partial charge is 0.496 e. The highest BCUT2D eigenvalue weighted by Gasteiger charge is 2.43. The number of ether oxygens (including phenoxy) is 4. The van der Waals surface area contributed by atoms with Gasteiger partial charge in [0, 0.05) is 74.3 Å². The molecule has 0 aliphatic carbocycles. The van der Waals surface area contributed by atoms with Crippen LogP contribution in [-0.2, 0) is 9.59 Å². The maximum Gasteiger partial charge on any atom is 0.317 e. The topological polar surface area (TPSA) is 103 Å². The normalized spacial score (nSPS) is 20.1. The summed E-state index contributed by atoms with van der Waals surface area (Å²) in [5.74, 6) is 2.22. The summed E-state index contributed by atoms with van der Waals surface area (Å²) in [7, 11) is 3.29. The number of fused-ring (bicyclic) bond motifs is 2. The van der Waals surface area contributed by atoms with Crippen molar-refractivity contribution in [3.05, 3.63) is 103 Å². The molecule has 268 valence electrons. The molecule has 4 heterocycles. The van der Waals surface area contributed by atoms with Gasteiger partial charge in [-0.2, -0.15) is 4.98 Å². The van der Waals surface area contributed by atoms with E-state index in [4.69, 9.17) is 18.9 Å². The van der Waals surface area contributed by atoms with Gasteiger partial charge in [0.2, 0.25) is 11.8 Å². The Labute approximate surface area is 304 Å². The molecule has 0 spiro atoms. The van der Waals surface area contributed by atoms with Crippen LogP contribution in [0.25, 0.3) is 28.5 Å². The molecule has 2 bridgehead atoms. The standard InChI is InChI=1S/C42H44N4O6/c1-4-40(47)46-30-14-15-31(46)27-34(26-30)51-33-9-7-8-29(25-33)36-24-28(12-16-39(36)50-3)13-17-41(48)45-22-19-32(20-23-45)52-42-43-21-18-37(44-42)35-10-5-6-11-38(35)49-2/h4-13,16-18,21,24-25,30-32,34H,1,14-15,19-20,22-23,26-27H2,2-3H3/b17-13+. The zero-order valence-electron chi connectivity index (χ0n) is 29.6. The van der Waals surface area contributed by atoms with E-state index in [-0.39, 0.29) is 36.1 Å². The van der Waals surface area contributed by atoms with Crippen LogP contribution in [0.2, 0.25) is 0 Å². The van der Waals surface area contributed by atoms with Crippen LogP contribution < -0.4 is 18.9 Å². The molecular formula is C42H44N4O6. The second kappa shape index (κ2) is 15.7. The number of hydrogen-bond donors (Lipinski definition) is 0. The maximum atomic E-state index is 13.2. The van der Waals surface area contributed by atoms with Crippen molar-refractivity contribution in [2.45, 2.75) is 62.8 Å². The Balaban J connectivity index is 0.957. The first kappa shape index (κ1) is 34.8. The van der Waals surface area contributed by atoms with E-state index in [9.17, 15) is 9.59 Å². The molecule has 3 aliphatic rings. The van der Waals surface area contributed by atoms with Crippen LogP contribution in [0.5, 0.6) is 23.3 Å². The Morgan fingerprint density at radius 1 is 0.788 bits per heavy atom. The molecule has 3 saturated heterocycles. The first-order valence-electron chi connectivity index (χ1n) is 17.9. The molecule has 3 fully saturated rings. The lowest BCUT2D eigenvalue weighted by molar-refractivity contribution is -0.131. The van der Waals surface area contributed by atoms with Crippen molar-refractivity contribution >= 4 is 17.9 Å². The molecule has 2 atom stereocenters. The second-order valence-corrected chi connectivity index (χ2v) is 13.4. The fraction of sp³-hybridized carbons (Fsp3) is 0.333. The van der Waals surface area contributed by atoms with Gasteiger partial charge >= 0.3 is 6.01 Å². The number of likely N-dealkylation sites (tertiary alicyclic amines) is 1. The molecule has 2 amide bonds. The van der Waals surface area contributed by atoms with Gasteiger partial charge in [0.15, 0.2) is 0 Å². The predicted octanol–water partition coefficient (Wildman–Crippen LogP) is 7.00. The average Bonchev–Trinajstić information content (AvgIpc) is 3.46. The Hall–Kier alpha value is -5.64. The van der Waals surface area contributed by atoms with Crippen LogP contribution in [0.1, 0.15) is 44.1 Å². The molecule has 1 aromatic heterocycles. The summed E-state index contributed by atoms with van der Waals surface area (Å²) in [5.41, 5.74) is 4.34. The lowest BCUT2D eigenvalue weighted by atomic mass is 9.99. The fourth-order valence-corrected chi connectivity index (χ4v) is 7.69. The van der Waals surface area contributed by atoms with Gasteiger partial charge in [-0.15, -0.1) is 0 Å². The summed E-state index contributed by atoms with van der Waals surface area (Å²) >= 11 is 0. The quantitative estimate of drug-likeness (QED) is 0.154. The number of carbonyl (C=O) groups is 2. The van der Waals surface area contributed by atoms with E-state index >= 15 is 0 Å². The zero-order valence-corrected chi connectivity index (χ0v) is 29.6.